The highest BCUT2D eigenvalue weighted by Gasteiger charge is 2.19. The molecule has 2 heterocycles. The van der Waals surface area contributed by atoms with Gasteiger partial charge in [0.05, 0.1) is 5.69 Å². The Morgan fingerprint density at radius 3 is 2.53 bits per heavy atom. The second kappa shape index (κ2) is 5.48. The van der Waals surface area contributed by atoms with Crippen molar-refractivity contribution in [2.24, 2.45) is 0 Å². The van der Waals surface area contributed by atoms with Gasteiger partial charge in [-0.1, -0.05) is 0 Å². The van der Waals surface area contributed by atoms with Gasteiger partial charge in [0.15, 0.2) is 12.4 Å². The molecule has 0 aliphatic heterocycles. The van der Waals surface area contributed by atoms with Crippen LogP contribution in [0.25, 0.3) is 11.3 Å². The van der Waals surface area contributed by atoms with Crippen molar-refractivity contribution in [1.82, 2.24) is 4.37 Å². The lowest BCUT2D eigenvalue weighted by atomic mass is 10.2. The first-order valence-corrected chi connectivity index (χ1v) is 6.89. The van der Waals surface area contributed by atoms with Crippen molar-refractivity contribution < 1.29 is 14.1 Å². The van der Waals surface area contributed by atoms with Gasteiger partial charge in [0.2, 0.25) is 6.54 Å². The van der Waals surface area contributed by atoms with Crippen LogP contribution in [0.4, 0.5) is 0 Å². The van der Waals surface area contributed by atoms with Crippen LogP contribution in [-0.2, 0) is 16.1 Å². The highest BCUT2D eigenvalue weighted by Crippen LogP contribution is 2.16. The van der Waals surface area contributed by atoms with E-state index in [-0.39, 0.29) is 12.5 Å². The summed E-state index contributed by atoms with van der Waals surface area (Å²) in [5, 5.41) is 1.94. The maximum Gasteiger partial charge on any atom is 0.373 e. The molecule has 0 amide bonds. The summed E-state index contributed by atoms with van der Waals surface area (Å²) in [6.45, 7) is 5.80. The number of esters is 1. The fourth-order valence-electron chi connectivity index (χ4n) is 1.62. The number of ether oxygens (including phenoxy) is 1. The van der Waals surface area contributed by atoms with Crippen LogP contribution in [0.3, 0.4) is 0 Å². The Bertz CT molecular complexity index is 542. The van der Waals surface area contributed by atoms with E-state index in [0.29, 0.717) is 0 Å². The van der Waals surface area contributed by atoms with E-state index in [2.05, 4.69) is 4.37 Å². The Labute approximate surface area is 116 Å². The first kappa shape index (κ1) is 13.7. The normalized spacial score (nSPS) is 11.3. The molecule has 2 aromatic heterocycles. The minimum absolute atomic E-state index is 0.217. The van der Waals surface area contributed by atoms with E-state index in [9.17, 15) is 4.79 Å². The number of aromatic nitrogens is 2. The average molecular weight is 277 g/mol. The van der Waals surface area contributed by atoms with Crippen LogP contribution >= 0.6 is 11.5 Å². The number of carbonyl (C=O) groups is 1. The molecule has 0 radical (unpaired) electrons. The standard InChI is InChI=1S/C14H17N2O2S/c1-14(2,3)18-13(17)10-16-7-4-11(5-8-16)12-6-9-19-15-12/h4-9H,10H2,1-3H3/q+1. The lowest BCUT2D eigenvalue weighted by molar-refractivity contribution is -0.686. The van der Waals surface area contributed by atoms with E-state index in [1.807, 2.05) is 56.7 Å². The van der Waals surface area contributed by atoms with Crippen LogP contribution in [0.5, 0.6) is 0 Å². The smallest absolute Gasteiger partial charge is 0.373 e. The maximum atomic E-state index is 11.7. The van der Waals surface area contributed by atoms with Crippen molar-refractivity contribution >= 4 is 17.5 Å². The predicted octanol–water partition coefficient (Wildman–Crippen LogP) is 2.44. The van der Waals surface area contributed by atoms with E-state index in [4.69, 9.17) is 4.74 Å². The molecule has 0 fully saturated rings. The molecule has 0 spiro atoms. The minimum atomic E-state index is -0.446. The van der Waals surface area contributed by atoms with Gasteiger partial charge in [-0.2, -0.15) is 8.94 Å². The van der Waals surface area contributed by atoms with Gasteiger partial charge in [-0.3, -0.25) is 0 Å². The molecule has 0 unspecified atom stereocenters. The van der Waals surface area contributed by atoms with Crippen molar-refractivity contribution in [3.63, 3.8) is 0 Å². The number of hydrogen-bond donors (Lipinski definition) is 0. The van der Waals surface area contributed by atoms with Gasteiger partial charge in [0.1, 0.15) is 5.60 Å². The van der Waals surface area contributed by atoms with Gasteiger partial charge >= 0.3 is 5.97 Å². The molecule has 0 aliphatic carbocycles. The lowest BCUT2D eigenvalue weighted by Gasteiger charge is -2.18. The van der Waals surface area contributed by atoms with Crippen LogP contribution in [0.2, 0.25) is 0 Å². The van der Waals surface area contributed by atoms with Gasteiger partial charge in [0, 0.05) is 23.1 Å². The number of pyridine rings is 1. The molecular weight excluding hydrogens is 260 g/mol. The Morgan fingerprint density at radius 2 is 2.00 bits per heavy atom. The molecule has 0 bridgehead atoms. The number of carbonyl (C=O) groups excluding carboxylic acids is 1. The van der Waals surface area contributed by atoms with E-state index < -0.39 is 5.60 Å². The van der Waals surface area contributed by atoms with Crippen molar-refractivity contribution in [2.45, 2.75) is 32.9 Å². The lowest BCUT2D eigenvalue weighted by Crippen LogP contribution is -2.40. The number of nitrogens with zero attached hydrogens (tertiary/aromatic N) is 2. The fourth-order valence-corrected chi connectivity index (χ4v) is 2.15. The SMILES string of the molecule is CC(C)(C)OC(=O)C[n+]1ccc(-c2ccsn2)cc1. The molecule has 5 heteroatoms. The molecule has 0 aliphatic rings. The molecule has 100 valence electrons. The predicted molar refractivity (Wildman–Crippen MR) is 73.6 cm³/mol. The second-order valence-electron chi connectivity index (χ2n) is 5.23. The third-order valence-corrected chi connectivity index (χ3v) is 2.92. The first-order valence-electron chi connectivity index (χ1n) is 6.06. The molecular formula is C14H17N2O2S+. The van der Waals surface area contributed by atoms with Crippen molar-refractivity contribution in [1.29, 1.82) is 0 Å². The van der Waals surface area contributed by atoms with Crippen LogP contribution in [0.15, 0.2) is 36.0 Å². The second-order valence-corrected chi connectivity index (χ2v) is 5.90. The molecule has 2 aromatic rings. The Balaban J connectivity index is 2.01. The summed E-state index contributed by atoms with van der Waals surface area (Å²) in [4.78, 5) is 11.7. The van der Waals surface area contributed by atoms with E-state index in [1.165, 1.54) is 11.5 Å². The number of hydrogen-bond acceptors (Lipinski definition) is 4. The summed E-state index contributed by atoms with van der Waals surface area (Å²) in [6, 6.07) is 5.86. The quantitative estimate of drug-likeness (QED) is 0.639. The van der Waals surface area contributed by atoms with Gasteiger partial charge in [-0.05, 0) is 38.4 Å². The topological polar surface area (TPSA) is 43.1 Å². The minimum Gasteiger partial charge on any atom is -0.455 e. The summed E-state index contributed by atoms with van der Waals surface area (Å²) in [5.41, 5.74) is 1.55. The summed E-state index contributed by atoms with van der Waals surface area (Å²) in [7, 11) is 0. The first-order chi connectivity index (χ1) is 8.94. The summed E-state index contributed by atoms with van der Waals surface area (Å²) >= 11 is 1.42. The zero-order valence-corrected chi connectivity index (χ0v) is 12.1. The molecule has 0 aromatic carbocycles. The third kappa shape index (κ3) is 4.13. The number of rotatable bonds is 3. The van der Waals surface area contributed by atoms with Crippen molar-refractivity contribution in [3.05, 3.63) is 36.0 Å². The van der Waals surface area contributed by atoms with Gasteiger partial charge in [-0.15, -0.1) is 0 Å². The van der Waals surface area contributed by atoms with Crippen LogP contribution in [0, 0.1) is 0 Å². The Morgan fingerprint density at radius 1 is 1.32 bits per heavy atom. The van der Waals surface area contributed by atoms with E-state index in [1.54, 1.807) is 4.57 Å². The van der Waals surface area contributed by atoms with Crippen LogP contribution in [0.1, 0.15) is 20.8 Å². The third-order valence-electron chi connectivity index (χ3n) is 2.36. The molecule has 0 atom stereocenters. The summed E-state index contributed by atoms with van der Waals surface area (Å²) < 4.78 is 11.3. The summed E-state index contributed by atoms with van der Waals surface area (Å²) in [6.07, 6.45) is 3.72. The molecule has 19 heavy (non-hydrogen) atoms. The van der Waals surface area contributed by atoms with Crippen molar-refractivity contribution in [2.75, 3.05) is 0 Å². The van der Waals surface area contributed by atoms with Gasteiger partial charge in [-0.25, -0.2) is 4.79 Å². The van der Waals surface area contributed by atoms with Crippen molar-refractivity contribution in [3.8, 4) is 11.3 Å². The zero-order chi connectivity index (χ0) is 13.9. The summed E-state index contributed by atoms with van der Waals surface area (Å²) in [5.74, 6) is -0.237. The molecule has 0 saturated carbocycles. The van der Waals surface area contributed by atoms with E-state index in [0.717, 1.165) is 11.3 Å². The van der Waals surface area contributed by atoms with Gasteiger partial charge in [0.25, 0.3) is 0 Å². The fraction of sp³-hybridized carbons (Fsp3) is 0.357. The zero-order valence-electron chi connectivity index (χ0n) is 11.3. The van der Waals surface area contributed by atoms with Crippen LogP contribution < -0.4 is 4.57 Å². The average Bonchev–Trinajstić information content (AvgIpc) is 2.80. The van der Waals surface area contributed by atoms with E-state index >= 15 is 0 Å². The highest BCUT2D eigenvalue weighted by atomic mass is 32.1. The van der Waals surface area contributed by atoms with Gasteiger partial charge < -0.3 is 4.74 Å². The molecule has 0 saturated heterocycles. The largest absolute Gasteiger partial charge is 0.455 e. The molecule has 4 nitrogen and oxygen atoms in total. The Hall–Kier alpha value is -1.75. The maximum absolute atomic E-state index is 11.7. The highest BCUT2D eigenvalue weighted by molar-refractivity contribution is 7.03. The monoisotopic (exact) mass is 277 g/mol. The molecule has 0 N–H and O–H groups in total. The molecule has 2 rings (SSSR count). The van der Waals surface area contributed by atoms with Crippen LogP contribution in [-0.4, -0.2) is 15.9 Å². The Kier molecular flexibility index (Phi) is 3.95.